The van der Waals surface area contributed by atoms with E-state index >= 15 is 0 Å². The molecule has 3 rings (SSSR count). The average Bonchev–Trinajstić information content (AvgIpc) is 3.09. The van der Waals surface area contributed by atoms with Crippen molar-refractivity contribution in [3.63, 3.8) is 0 Å². The number of carbonyl (C=O) groups excluding carboxylic acids is 2. The molecule has 2 aromatic rings. The van der Waals surface area contributed by atoms with Gasteiger partial charge in [-0.05, 0) is 38.0 Å². The zero-order chi connectivity index (χ0) is 16.2. The summed E-state index contributed by atoms with van der Waals surface area (Å²) in [4.78, 5) is 30.4. The van der Waals surface area contributed by atoms with E-state index < -0.39 is 0 Å². The average molecular weight is 313 g/mol. The number of aromatic nitrogens is 1. The second-order valence-electron chi connectivity index (χ2n) is 5.72. The first-order valence-corrected chi connectivity index (χ1v) is 7.69. The van der Waals surface area contributed by atoms with E-state index in [0.29, 0.717) is 24.3 Å². The molecule has 0 bridgehead atoms. The predicted octanol–water partition coefficient (Wildman–Crippen LogP) is 2.02. The van der Waals surface area contributed by atoms with Crippen LogP contribution in [-0.4, -0.2) is 40.8 Å². The van der Waals surface area contributed by atoms with Crippen LogP contribution in [0, 0.1) is 6.92 Å². The largest absolute Gasteiger partial charge is 0.472 e. The molecule has 0 radical (unpaired) electrons. The summed E-state index contributed by atoms with van der Waals surface area (Å²) in [6, 6.07) is 7.12. The van der Waals surface area contributed by atoms with Gasteiger partial charge in [0.05, 0.1) is 11.8 Å². The van der Waals surface area contributed by atoms with Gasteiger partial charge in [-0.15, -0.1) is 0 Å². The van der Waals surface area contributed by atoms with Gasteiger partial charge in [0.25, 0.3) is 11.8 Å². The molecule has 1 N–H and O–H groups in total. The molecule has 2 aromatic heterocycles. The molecule has 0 atom stereocenters. The molecule has 2 amide bonds. The second-order valence-corrected chi connectivity index (χ2v) is 5.72. The third kappa shape index (κ3) is 3.59. The Hall–Kier alpha value is -2.63. The van der Waals surface area contributed by atoms with Crippen LogP contribution in [0.25, 0.3) is 0 Å². The lowest BCUT2D eigenvalue weighted by molar-refractivity contribution is 0.0697. The number of likely N-dealkylation sites (tertiary alicyclic amines) is 1. The normalized spacial score (nSPS) is 15.4. The molecule has 0 aromatic carbocycles. The van der Waals surface area contributed by atoms with Crippen LogP contribution in [0.3, 0.4) is 0 Å². The first kappa shape index (κ1) is 15.3. The van der Waals surface area contributed by atoms with Crippen molar-refractivity contribution in [1.82, 2.24) is 15.2 Å². The highest BCUT2D eigenvalue weighted by Crippen LogP contribution is 2.15. The van der Waals surface area contributed by atoms with Crippen LogP contribution < -0.4 is 5.32 Å². The molecule has 120 valence electrons. The van der Waals surface area contributed by atoms with Gasteiger partial charge < -0.3 is 14.6 Å². The summed E-state index contributed by atoms with van der Waals surface area (Å²) in [5, 5.41) is 3.00. The van der Waals surface area contributed by atoms with Gasteiger partial charge in [0.15, 0.2) is 0 Å². The molecule has 1 saturated heterocycles. The molecule has 1 fully saturated rings. The SMILES string of the molecule is Cc1cccc(C(=O)NC2CCN(C(=O)c3ccoc3)CC2)n1. The van der Waals surface area contributed by atoms with Gasteiger partial charge in [-0.1, -0.05) is 6.07 Å². The Morgan fingerprint density at radius 3 is 2.70 bits per heavy atom. The van der Waals surface area contributed by atoms with Crippen LogP contribution in [0.2, 0.25) is 0 Å². The highest BCUT2D eigenvalue weighted by Gasteiger charge is 2.25. The molecule has 0 spiro atoms. The van der Waals surface area contributed by atoms with Gasteiger partial charge in [0, 0.05) is 24.8 Å². The zero-order valence-corrected chi connectivity index (χ0v) is 13.0. The van der Waals surface area contributed by atoms with Gasteiger partial charge in [-0.2, -0.15) is 0 Å². The van der Waals surface area contributed by atoms with Crippen LogP contribution in [0.15, 0.2) is 41.2 Å². The van der Waals surface area contributed by atoms with Crippen molar-refractivity contribution in [3.8, 4) is 0 Å². The molecule has 0 aliphatic carbocycles. The van der Waals surface area contributed by atoms with Gasteiger partial charge in [-0.25, -0.2) is 4.98 Å². The van der Waals surface area contributed by atoms with E-state index in [1.807, 2.05) is 19.1 Å². The molecule has 6 nitrogen and oxygen atoms in total. The number of carbonyl (C=O) groups is 2. The van der Waals surface area contributed by atoms with Gasteiger partial charge in [-0.3, -0.25) is 9.59 Å². The van der Waals surface area contributed by atoms with E-state index in [0.717, 1.165) is 18.5 Å². The minimum atomic E-state index is -0.159. The van der Waals surface area contributed by atoms with Crippen LogP contribution in [-0.2, 0) is 0 Å². The van der Waals surface area contributed by atoms with Gasteiger partial charge >= 0.3 is 0 Å². The Kier molecular flexibility index (Phi) is 4.41. The Bertz CT molecular complexity index is 689. The third-order valence-electron chi connectivity index (χ3n) is 4.01. The lowest BCUT2D eigenvalue weighted by Crippen LogP contribution is -2.46. The number of rotatable bonds is 3. The highest BCUT2D eigenvalue weighted by atomic mass is 16.3. The molecule has 3 heterocycles. The summed E-state index contributed by atoms with van der Waals surface area (Å²) in [6.45, 7) is 3.10. The smallest absolute Gasteiger partial charge is 0.270 e. The maximum Gasteiger partial charge on any atom is 0.270 e. The molecule has 0 saturated carbocycles. The van der Waals surface area contributed by atoms with E-state index in [1.165, 1.54) is 12.5 Å². The molecule has 0 unspecified atom stereocenters. The second kappa shape index (κ2) is 6.64. The number of piperidine rings is 1. The Morgan fingerprint density at radius 2 is 2.04 bits per heavy atom. The van der Waals surface area contributed by atoms with Crippen LogP contribution >= 0.6 is 0 Å². The lowest BCUT2D eigenvalue weighted by atomic mass is 10.0. The maximum absolute atomic E-state index is 12.2. The van der Waals surface area contributed by atoms with Crippen molar-refractivity contribution < 1.29 is 14.0 Å². The molecule has 1 aliphatic rings. The Morgan fingerprint density at radius 1 is 1.26 bits per heavy atom. The number of nitrogens with one attached hydrogen (secondary N) is 1. The minimum Gasteiger partial charge on any atom is -0.472 e. The van der Waals surface area contributed by atoms with Gasteiger partial charge in [0.1, 0.15) is 12.0 Å². The maximum atomic E-state index is 12.2. The number of pyridine rings is 1. The topological polar surface area (TPSA) is 75.4 Å². The highest BCUT2D eigenvalue weighted by molar-refractivity contribution is 5.94. The fraction of sp³-hybridized carbons (Fsp3) is 0.353. The van der Waals surface area contributed by atoms with Crippen molar-refractivity contribution in [2.24, 2.45) is 0 Å². The van der Waals surface area contributed by atoms with Gasteiger partial charge in [0.2, 0.25) is 0 Å². The van der Waals surface area contributed by atoms with E-state index in [1.54, 1.807) is 17.0 Å². The third-order valence-corrected chi connectivity index (χ3v) is 4.01. The van der Waals surface area contributed by atoms with Crippen LogP contribution in [0.1, 0.15) is 39.4 Å². The summed E-state index contributed by atoms with van der Waals surface area (Å²) in [5.41, 5.74) is 1.82. The molecule has 1 aliphatic heterocycles. The summed E-state index contributed by atoms with van der Waals surface area (Å²) in [5.74, 6) is -0.183. The lowest BCUT2D eigenvalue weighted by Gasteiger charge is -2.32. The molecular weight excluding hydrogens is 294 g/mol. The Balaban J connectivity index is 1.53. The molecule has 6 heteroatoms. The number of amides is 2. The molecule has 23 heavy (non-hydrogen) atoms. The fourth-order valence-corrected chi connectivity index (χ4v) is 2.72. The van der Waals surface area contributed by atoms with E-state index in [4.69, 9.17) is 4.42 Å². The van der Waals surface area contributed by atoms with Crippen molar-refractivity contribution in [2.45, 2.75) is 25.8 Å². The van der Waals surface area contributed by atoms with Crippen molar-refractivity contribution in [3.05, 3.63) is 53.7 Å². The van der Waals surface area contributed by atoms with E-state index in [-0.39, 0.29) is 17.9 Å². The summed E-state index contributed by atoms with van der Waals surface area (Å²) in [6.07, 6.45) is 4.43. The molecular formula is C17H19N3O3. The van der Waals surface area contributed by atoms with Crippen LogP contribution in [0.5, 0.6) is 0 Å². The predicted molar refractivity (Wildman–Crippen MR) is 84.1 cm³/mol. The van der Waals surface area contributed by atoms with E-state index in [9.17, 15) is 9.59 Å². The minimum absolute atomic E-state index is 0.0242. The summed E-state index contributed by atoms with van der Waals surface area (Å²) < 4.78 is 4.95. The van der Waals surface area contributed by atoms with Crippen molar-refractivity contribution in [1.29, 1.82) is 0 Å². The Labute approximate surface area is 134 Å². The van der Waals surface area contributed by atoms with Crippen LogP contribution in [0.4, 0.5) is 0 Å². The fourth-order valence-electron chi connectivity index (χ4n) is 2.72. The number of nitrogens with zero attached hydrogens (tertiary/aromatic N) is 2. The monoisotopic (exact) mass is 313 g/mol. The van der Waals surface area contributed by atoms with E-state index in [2.05, 4.69) is 10.3 Å². The summed E-state index contributed by atoms with van der Waals surface area (Å²) in [7, 11) is 0. The van der Waals surface area contributed by atoms with Crippen molar-refractivity contribution in [2.75, 3.05) is 13.1 Å². The number of hydrogen-bond acceptors (Lipinski definition) is 4. The zero-order valence-electron chi connectivity index (χ0n) is 13.0. The number of furan rings is 1. The standard InChI is InChI=1S/C17H19N3O3/c1-12-3-2-4-15(18-12)16(21)19-14-5-8-20(9-6-14)17(22)13-7-10-23-11-13/h2-4,7,10-11,14H,5-6,8-9H2,1H3,(H,19,21). The number of hydrogen-bond donors (Lipinski definition) is 1. The first-order chi connectivity index (χ1) is 11.1. The quantitative estimate of drug-likeness (QED) is 0.940. The number of aryl methyl sites for hydroxylation is 1. The first-order valence-electron chi connectivity index (χ1n) is 7.69. The summed E-state index contributed by atoms with van der Waals surface area (Å²) >= 11 is 0. The van der Waals surface area contributed by atoms with Crippen molar-refractivity contribution >= 4 is 11.8 Å².